The average molecular weight is 476 g/mol. The van der Waals surface area contributed by atoms with E-state index in [2.05, 4.69) is 0 Å². The van der Waals surface area contributed by atoms with E-state index < -0.39 is 5.97 Å². The first-order valence-corrected chi connectivity index (χ1v) is 9.85. The van der Waals surface area contributed by atoms with Gasteiger partial charge in [-0.2, -0.15) is 0 Å². The van der Waals surface area contributed by atoms with E-state index in [4.69, 9.17) is 25.5 Å². The van der Waals surface area contributed by atoms with Gasteiger partial charge in [-0.25, -0.2) is 0 Å². The van der Waals surface area contributed by atoms with Crippen molar-refractivity contribution in [1.29, 1.82) is 0 Å². The van der Waals surface area contributed by atoms with Crippen molar-refractivity contribution in [3.63, 3.8) is 0 Å². The van der Waals surface area contributed by atoms with Crippen LogP contribution < -0.4 is 71.4 Å². The third-order valence-corrected chi connectivity index (χ3v) is 5.65. The summed E-state index contributed by atoms with van der Waals surface area (Å²) in [7, 11) is 0. The first-order chi connectivity index (χ1) is 15.0. The maximum atomic E-state index is 13.2. The number of carbonyl (C=O) groups is 1. The number of hydrogen-bond acceptors (Lipinski definition) is 6. The van der Waals surface area contributed by atoms with Crippen LogP contribution in [0.25, 0.3) is 10.9 Å². The normalized spacial score (nSPS) is 12.0. The topological polar surface area (TPSA) is 93.7 Å². The van der Waals surface area contributed by atoms with Crippen molar-refractivity contribution in [2.75, 3.05) is 6.79 Å². The van der Waals surface area contributed by atoms with Crippen molar-refractivity contribution in [3.8, 4) is 11.5 Å². The molecule has 5 rings (SSSR count). The Bertz CT molecular complexity index is 1380. The molecule has 0 atom stereocenters. The van der Waals surface area contributed by atoms with E-state index in [1.54, 1.807) is 47.0 Å². The number of para-hydroxylation sites is 1. The van der Waals surface area contributed by atoms with Crippen LogP contribution in [0.1, 0.15) is 27.2 Å². The van der Waals surface area contributed by atoms with E-state index in [9.17, 15) is 14.7 Å². The molecule has 0 spiro atoms. The van der Waals surface area contributed by atoms with Crippen molar-refractivity contribution in [2.45, 2.75) is 13.0 Å². The molecule has 7 nitrogen and oxygen atoms in total. The Kier molecular flexibility index (Phi) is 6.80. The molecule has 2 aromatic heterocycles. The predicted molar refractivity (Wildman–Crippen MR) is 111 cm³/mol. The van der Waals surface area contributed by atoms with Gasteiger partial charge >= 0.3 is 51.4 Å². The van der Waals surface area contributed by atoms with E-state index in [-0.39, 0.29) is 87.8 Å². The maximum Gasteiger partial charge on any atom is 1.00 e. The van der Waals surface area contributed by atoms with Gasteiger partial charge in [-0.1, -0.05) is 23.7 Å². The molecule has 156 valence electrons. The number of carbonyl (C=O) groups excluding carboxylic acids is 1. The smallest absolute Gasteiger partial charge is 0.543 e. The molecule has 0 saturated carbocycles. The molecule has 0 fully saturated rings. The molecule has 0 aliphatic carbocycles. The summed E-state index contributed by atoms with van der Waals surface area (Å²) < 4.78 is 17.4. The SMILES string of the molecule is O=C([O-])c1c(Cc2ccoc2)c(=O)c2ccccc2n1Cc1cc2c(cc1Cl)OCO2.[K+]. The van der Waals surface area contributed by atoms with E-state index >= 15 is 0 Å². The van der Waals surface area contributed by atoms with Crippen LogP contribution in [-0.4, -0.2) is 17.3 Å². The van der Waals surface area contributed by atoms with Crippen molar-refractivity contribution in [2.24, 2.45) is 0 Å². The molecule has 0 bridgehead atoms. The fourth-order valence-electron chi connectivity index (χ4n) is 3.86. The summed E-state index contributed by atoms with van der Waals surface area (Å²) in [5.41, 5.74) is 1.34. The van der Waals surface area contributed by atoms with Crippen LogP contribution >= 0.6 is 11.6 Å². The van der Waals surface area contributed by atoms with Gasteiger partial charge in [0, 0.05) is 35.0 Å². The molecule has 1 aliphatic heterocycles. The van der Waals surface area contributed by atoms with Crippen molar-refractivity contribution < 1.29 is 75.2 Å². The predicted octanol–water partition coefficient (Wildman–Crippen LogP) is -0.0168. The molecule has 0 unspecified atom stereocenters. The van der Waals surface area contributed by atoms with Crippen LogP contribution in [0.2, 0.25) is 5.02 Å². The Morgan fingerprint density at radius 1 is 1.12 bits per heavy atom. The number of carboxylic acids is 1. The van der Waals surface area contributed by atoms with Gasteiger partial charge in [-0.3, -0.25) is 4.79 Å². The van der Waals surface area contributed by atoms with Crippen LogP contribution in [-0.2, 0) is 13.0 Å². The van der Waals surface area contributed by atoms with Crippen LogP contribution in [0, 0.1) is 0 Å². The number of ether oxygens (including phenoxy) is 2. The number of furan rings is 1. The number of fused-ring (bicyclic) bond motifs is 2. The monoisotopic (exact) mass is 475 g/mol. The molecule has 4 aromatic rings. The molecular weight excluding hydrogens is 461 g/mol. The van der Waals surface area contributed by atoms with Crippen LogP contribution in [0.4, 0.5) is 0 Å². The molecule has 2 aromatic carbocycles. The molecule has 32 heavy (non-hydrogen) atoms. The zero-order valence-corrected chi connectivity index (χ0v) is 21.0. The average Bonchev–Trinajstić information content (AvgIpc) is 3.43. The zero-order valence-electron chi connectivity index (χ0n) is 17.1. The zero-order chi connectivity index (χ0) is 21.5. The number of carboxylic acid groups (broad SMARTS) is 1. The number of benzene rings is 2. The number of nitrogens with zero attached hydrogens (tertiary/aromatic N) is 1. The molecule has 0 amide bonds. The summed E-state index contributed by atoms with van der Waals surface area (Å²) in [5, 5.41) is 13.1. The van der Waals surface area contributed by atoms with Gasteiger partial charge in [0.25, 0.3) is 0 Å². The van der Waals surface area contributed by atoms with Gasteiger partial charge in [-0.15, -0.1) is 0 Å². The Morgan fingerprint density at radius 3 is 2.59 bits per heavy atom. The van der Waals surface area contributed by atoms with Gasteiger partial charge in [0.05, 0.1) is 29.7 Å². The van der Waals surface area contributed by atoms with Gasteiger partial charge in [0.2, 0.25) is 6.79 Å². The second-order valence-corrected chi connectivity index (χ2v) is 7.56. The summed E-state index contributed by atoms with van der Waals surface area (Å²) in [6.07, 6.45) is 3.05. The number of aromatic carboxylic acids is 1. The van der Waals surface area contributed by atoms with Crippen LogP contribution in [0.15, 0.2) is 64.2 Å². The van der Waals surface area contributed by atoms with Crippen molar-refractivity contribution in [1.82, 2.24) is 4.57 Å². The molecule has 9 heteroatoms. The molecule has 0 radical (unpaired) electrons. The first-order valence-electron chi connectivity index (χ1n) is 9.48. The minimum atomic E-state index is -1.45. The quantitative estimate of drug-likeness (QED) is 0.377. The minimum absolute atomic E-state index is 0. The fourth-order valence-corrected chi connectivity index (χ4v) is 4.08. The van der Waals surface area contributed by atoms with E-state index in [0.717, 1.165) is 0 Å². The Labute approximate surface area is 229 Å². The van der Waals surface area contributed by atoms with E-state index in [1.807, 2.05) is 0 Å². The third kappa shape index (κ3) is 4.14. The molecular formula is C23H15ClKNO6. The number of aromatic nitrogens is 1. The van der Waals surface area contributed by atoms with Gasteiger partial charge in [0.1, 0.15) is 0 Å². The number of hydrogen-bond donors (Lipinski definition) is 0. The van der Waals surface area contributed by atoms with Crippen molar-refractivity contribution in [3.05, 3.63) is 92.6 Å². The van der Waals surface area contributed by atoms with Gasteiger partial charge in [-0.05, 0) is 35.4 Å². The second kappa shape index (κ2) is 9.42. The summed E-state index contributed by atoms with van der Waals surface area (Å²) >= 11 is 6.44. The minimum Gasteiger partial charge on any atom is -0.543 e. The van der Waals surface area contributed by atoms with Crippen molar-refractivity contribution >= 4 is 28.5 Å². The summed E-state index contributed by atoms with van der Waals surface area (Å²) in [6.45, 7) is 0.188. The summed E-state index contributed by atoms with van der Waals surface area (Å²) in [5.74, 6) is -0.393. The standard InChI is InChI=1S/C23H16ClNO6.K/c24-17-9-20-19(30-12-31-20)8-14(17)10-25-18-4-2-1-3-15(18)22(26)16(21(25)23(27)28)7-13-5-6-29-11-13;/h1-6,8-9,11H,7,10,12H2,(H,27,28);/q;+1/p-1. The third-order valence-electron chi connectivity index (χ3n) is 5.29. The van der Waals surface area contributed by atoms with Gasteiger partial charge < -0.3 is 28.4 Å². The van der Waals surface area contributed by atoms with Crippen LogP contribution in [0.3, 0.4) is 0 Å². The van der Waals surface area contributed by atoms with Gasteiger partial charge in [0.15, 0.2) is 16.9 Å². The molecule has 1 aliphatic rings. The van der Waals surface area contributed by atoms with Crippen LogP contribution in [0.5, 0.6) is 11.5 Å². The second-order valence-electron chi connectivity index (χ2n) is 7.15. The summed E-state index contributed by atoms with van der Waals surface area (Å²) in [6, 6.07) is 11.9. The van der Waals surface area contributed by atoms with E-state index in [1.165, 1.54) is 12.5 Å². The number of rotatable bonds is 5. The Balaban J connectivity index is 0.00000245. The molecule has 0 saturated heterocycles. The molecule has 3 heterocycles. The largest absolute Gasteiger partial charge is 1.00 e. The maximum absolute atomic E-state index is 13.2. The first kappa shape index (κ1) is 23.1. The Hall–Kier alpha value is -2.07. The van der Waals surface area contributed by atoms with E-state index in [0.29, 0.717) is 38.6 Å². The fraction of sp³-hybridized carbons (Fsp3) is 0.130. The Morgan fingerprint density at radius 2 is 1.88 bits per heavy atom. The summed E-state index contributed by atoms with van der Waals surface area (Å²) in [4.78, 5) is 25.5. The number of halogens is 1. The molecule has 0 N–H and O–H groups in total. The number of pyridine rings is 1.